The second-order valence-electron chi connectivity index (χ2n) is 6.50. The summed E-state index contributed by atoms with van der Waals surface area (Å²) >= 11 is 6.46. The van der Waals surface area contributed by atoms with Gasteiger partial charge in [0, 0.05) is 47.6 Å². The summed E-state index contributed by atoms with van der Waals surface area (Å²) in [7, 11) is 2.07. The van der Waals surface area contributed by atoms with Gasteiger partial charge in [0.25, 0.3) is 0 Å². The van der Waals surface area contributed by atoms with Crippen molar-refractivity contribution in [2.75, 3.05) is 11.9 Å². The molecule has 0 saturated carbocycles. The highest BCUT2D eigenvalue weighted by molar-refractivity contribution is 6.31. The Balaban J connectivity index is 1.66. The van der Waals surface area contributed by atoms with Crippen LogP contribution in [0.1, 0.15) is 17.4 Å². The topological polar surface area (TPSA) is 19.4 Å². The van der Waals surface area contributed by atoms with E-state index in [2.05, 4.69) is 70.6 Å². The van der Waals surface area contributed by atoms with Crippen LogP contribution in [-0.4, -0.2) is 16.9 Å². The molecule has 130 valence electrons. The average Bonchev–Trinajstić information content (AvgIpc) is 3.04. The Bertz CT molecular complexity index is 950. The summed E-state index contributed by atoms with van der Waals surface area (Å²) in [6, 6.07) is 20.8. The van der Waals surface area contributed by atoms with E-state index in [1.807, 2.05) is 37.4 Å². The van der Waals surface area contributed by atoms with Crippen molar-refractivity contribution in [3.05, 3.63) is 95.5 Å². The number of pyridine rings is 1. The molecule has 0 spiro atoms. The third-order valence-corrected chi connectivity index (χ3v) is 5.03. The molecule has 0 bridgehead atoms. The third-order valence-electron chi connectivity index (χ3n) is 4.69. The van der Waals surface area contributed by atoms with Crippen LogP contribution in [-0.2, 0) is 0 Å². The maximum absolute atomic E-state index is 6.46. The molecule has 0 aliphatic carbocycles. The lowest BCUT2D eigenvalue weighted by molar-refractivity contribution is 0.368. The Kier molecular flexibility index (Phi) is 4.39. The number of halogens is 1. The lowest BCUT2D eigenvalue weighted by Crippen LogP contribution is -2.28. The normalized spacial score (nSPS) is 16.3. The molecule has 2 aromatic carbocycles. The standard InChI is InChI=1S/C22H20ClN3/c1-16-15-18(11-12-24-16)17-7-9-19(10-8-17)26-14-13-25(2)22(26)20-5-3-4-6-21(20)23/h3-15,22H,1-2H3. The number of rotatable bonds is 3. The molecule has 0 saturated heterocycles. The van der Waals surface area contributed by atoms with Crippen LogP contribution in [0.25, 0.3) is 11.1 Å². The minimum Gasteiger partial charge on any atom is -0.355 e. The molecule has 1 aliphatic rings. The number of benzene rings is 2. The first kappa shape index (κ1) is 16.7. The van der Waals surface area contributed by atoms with Gasteiger partial charge in [-0.25, -0.2) is 0 Å². The fraction of sp³-hybridized carbons (Fsp3) is 0.136. The summed E-state index contributed by atoms with van der Waals surface area (Å²) in [4.78, 5) is 8.68. The summed E-state index contributed by atoms with van der Waals surface area (Å²) in [6.07, 6.45) is 6.08. The van der Waals surface area contributed by atoms with Gasteiger partial charge in [0.15, 0.2) is 0 Å². The van der Waals surface area contributed by atoms with Gasteiger partial charge in [-0.3, -0.25) is 4.98 Å². The highest BCUT2D eigenvalue weighted by Crippen LogP contribution is 2.37. The van der Waals surface area contributed by atoms with Crippen molar-refractivity contribution in [2.45, 2.75) is 13.1 Å². The average molecular weight is 362 g/mol. The molecule has 3 nitrogen and oxygen atoms in total. The SMILES string of the molecule is Cc1cc(-c2ccc(N3C=CN(C)C3c3ccccc3Cl)cc2)ccn1. The Morgan fingerprint density at radius 2 is 1.69 bits per heavy atom. The van der Waals surface area contributed by atoms with Crippen LogP contribution in [0, 0.1) is 6.92 Å². The summed E-state index contributed by atoms with van der Waals surface area (Å²) in [6.45, 7) is 2.01. The molecular weight excluding hydrogens is 342 g/mol. The van der Waals surface area contributed by atoms with Gasteiger partial charge in [0.05, 0.1) is 0 Å². The van der Waals surface area contributed by atoms with E-state index in [-0.39, 0.29) is 6.17 Å². The maximum Gasteiger partial charge on any atom is 0.133 e. The molecule has 1 aromatic heterocycles. The number of aromatic nitrogens is 1. The second kappa shape index (κ2) is 6.85. The summed E-state index contributed by atoms with van der Waals surface area (Å²) < 4.78 is 0. The van der Waals surface area contributed by atoms with Gasteiger partial charge in [0.1, 0.15) is 6.17 Å². The van der Waals surface area contributed by atoms with Gasteiger partial charge in [-0.2, -0.15) is 0 Å². The Morgan fingerprint density at radius 3 is 2.42 bits per heavy atom. The molecule has 4 rings (SSSR count). The molecule has 1 unspecified atom stereocenters. The highest BCUT2D eigenvalue weighted by Gasteiger charge is 2.28. The second-order valence-corrected chi connectivity index (χ2v) is 6.91. The predicted octanol–water partition coefficient (Wildman–Crippen LogP) is 5.63. The van der Waals surface area contributed by atoms with Crippen LogP contribution in [0.5, 0.6) is 0 Å². The first-order valence-electron chi connectivity index (χ1n) is 8.59. The summed E-state index contributed by atoms with van der Waals surface area (Å²) in [5, 5.41) is 0.780. The van der Waals surface area contributed by atoms with Crippen LogP contribution in [0.3, 0.4) is 0 Å². The van der Waals surface area contributed by atoms with E-state index in [4.69, 9.17) is 11.6 Å². The Labute approximate surface area is 159 Å². The fourth-order valence-corrected chi connectivity index (χ4v) is 3.60. The fourth-order valence-electron chi connectivity index (χ4n) is 3.37. The maximum atomic E-state index is 6.46. The van der Waals surface area contributed by atoms with E-state index in [1.165, 1.54) is 11.1 Å². The van der Waals surface area contributed by atoms with Crippen LogP contribution in [0.15, 0.2) is 79.3 Å². The largest absolute Gasteiger partial charge is 0.355 e. The molecule has 1 atom stereocenters. The summed E-state index contributed by atoms with van der Waals surface area (Å²) in [5.41, 5.74) is 5.61. The molecule has 2 heterocycles. The smallest absolute Gasteiger partial charge is 0.133 e. The molecular formula is C22H20ClN3. The minimum atomic E-state index is 0.0534. The van der Waals surface area contributed by atoms with Crippen molar-refractivity contribution in [1.82, 2.24) is 9.88 Å². The number of anilines is 1. The quantitative estimate of drug-likeness (QED) is 0.602. The van der Waals surface area contributed by atoms with E-state index < -0.39 is 0 Å². The van der Waals surface area contributed by atoms with Gasteiger partial charge < -0.3 is 9.80 Å². The zero-order chi connectivity index (χ0) is 18.1. The van der Waals surface area contributed by atoms with Gasteiger partial charge in [-0.15, -0.1) is 0 Å². The predicted molar refractivity (Wildman–Crippen MR) is 108 cm³/mol. The molecule has 0 N–H and O–H groups in total. The first-order chi connectivity index (χ1) is 12.6. The molecule has 26 heavy (non-hydrogen) atoms. The minimum absolute atomic E-state index is 0.0534. The molecule has 0 fully saturated rings. The Morgan fingerprint density at radius 1 is 0.923 bits per heavy atom. The number of aryl methyl sites for hydroxylation is 1. The van der Waals surface area contributed by atoms with Gasteiger partial charge >= 0.3 is 0 Å². The summed E-state index contributed by atoms with van der Waals surface area (Å²) in [5.74, 6) is 0. The Hall–Kier alpha value is -2.78. The molecule has 0 amide bonds. The van der Waals surface area contributed by atoms with E-state index in [9.17, 15) is 0 Å². The van der Waals surface area contributed by atoms with Crippen molar-refractivity contribution >= 4 is 17.3 Å². The van der Waals surface area contributed by atoms with Crippen molar-refractivity contribution in [1.29, 1.82) is 0 Å². The first-order valence-corrected chi connectivity index (χ1v) is 8.97. The zero-order valence-corrected chi connectivity index (χ0v) is 15.6. The number of hydrogen-bond donors (Lipinski definition) is 0. The van der Waals surface area contributed by atoms with Crippen molar-refractivity contribution in [3.63, 3.8) is 0 Å². The van der Waals surface area contributed by atoms with Crippen LogP contribution in [0.4, 0.5) is 5.69 Å². The number of nitrogens with zero attached hydrogens (tertiary/aromatic N) is 3. The van der Waals surface area contributed by atoms with E-state index in [0.717, 1.165) is 22.0 Å². The highest BCUT2D eigenvalue weighted by atomic mass is 35.5. The van der Waals surface area contributed by atoms with Gasteiger partial charge in [-0.1, -0.05) is 41.9 Å². The van der Waals surface area contributed by atoms with E-state index >= 15 is 0 Å². The molecule has 4 heteroatoms. The lowest BCUT2D eigenvalue weighted by atomic mass is 10.1. The van der Waals surface area contributed by atoms with E-state index in [0.29, 0.717) is 0 Å². The molecule has 1 aliphatic heterocycles. The van der Waals surface area contributed by atoms with E-state index in [1.54, 1.807) is 0 Å². The monoisotopic (exact) mass is 361 g/mol. The van der Waals surface area contributed by atoms with Gasteiger partial charge in [0.2, 0.25) is 0 Å². The van der Waals surface area contributed by atoms with Crippen LogP contribution < -0.4 is 4.90 Å². The van der Waals surface area contributed by atoms with Crippen molar-refractivity contribution in [3.8, 4) is 11.1 Å². The van der Waals surface area contributed by atoms with Crippen molar-refractivity contribution < 1.29 is 0 Å². The van der Waals surface area contributed by atoms with Gasteiger partial charge in [-0.05, 0) is 48.4 Å². The zero-order valence-electron chi connectivity index (χ0n) is 14.8. The number of hydrogen-bond acceptors (Lipinski definition) is 3. The third kappa shape index (κ3) is 3.06. The van der Waals surface area contributed by atoms with Crippen LogP contribution >= 0.6 is 11.6 Å². The van der Waals surface area contributed by atoms with Crippen LogP contribution in [0.2, 0.25) is 5.02 Å². The van der Waals surface area contributed by atoms with Crippen molar-refractivity contribution in [2.24, 2.45) is 0 Å². The lowest BCUT2D eigenvalue weighted by Gasteiger charge is -2.31. The molecule has 0 radical (unpaired) electrons. The molecule has 3 aromatic rings.